The highest BCUT2D eigenvalue weighted by Gasteiger charge is 2.25. The fourth-order valence-electron chi connectivity index (χ4n) is 1.65. The molecule has 0 saturated heterocycles. The van der Waals surface area contributed by atoms with Gasteiger partial charge in [0.1, 0.15) is 0 Å². The Kier molecular flexibility index (Phi) is 2.32. The van der Waals surface area contributed by atoms with Gasteiger partial charge in [0.2, 0.25) is 0 Å². The predicted molar refractivity (Wildman–Crippen MR) is 51.3 cm³/mol. The number of aromatic nitrogens is 1. The molecule has 1 N–H and O–H groups in total. The first kappa shape index (κ1) is 8.70. The second kappa shape index (κ2) is 3.46. The van der Waals surface area contributed by atoms with Crippen molar-refractivity contribution >= 4 is 0 Å². The van der Waals surface area contributed by atoms with Gasteiger partial charge in [-0.15, -0.1) is 0 Å². The van der Waals surface area contributed by atoms with Crippen LogP contribution in [0.1, 0.15) is 36.5 Å². The van der Waals surface area contributed by atoms with Crippen LogP contribution in [-0.4, -0.2) is 10.1 Å². The fraction of sp³-hybridized carbons (Fsp3) is 0.545. The number of aliphatic hydroxyl groups is 1. The molecule has 70 valence electrons. The first-order chi connectivity index (χ1) is 6.27. The van der Waals surface area contributed by atoms with Crippen LogP contribution in [0.5, 0.6) is 0 Å². The molecular formula is C11H15NO. The number of pyridine rings is 1. The minimum absolute atomic E-state index is 0.282. The second-order valence-electron chi connectivity index (χ2n) is 3.93. The summed E-state index contributed by atoms with van der Waals surface area (Å²) in [5, 5.41) is 9.88. The summed E-state index contributed by atoms with van der Waals surface area (Å²) in [7, 11) is 0. The summed E-state index contributed by atoms with van der Waals surface area (Å²) in [6.07, 6.45) is 6.78. The number of hydrogen-bond donors (Lipinski definition) is 1. The van der Waals surface area contributed by atoms with Crippen LogP contribution in [0.3, 0.4) is 0 Å². The normalized spacial score (nSPS) is 18.6. The zero-order valence-electron chi connectivity index (χ0n) is 7.90. The van der Waals surface area contributed by atoms with Gasteiger partial charge in [0.15, 0.2) is 0 Å². The predicted octanol–water partition coefficient (Wildman–Crippen LogP) is 2.22. The number of nitrogens with zero attached hydrogens (tertiary/aromatic N) is 1. The zero-order valence-corrected chi connectivity index (χ0v) is 7.90. The molecule has 0 spiro atoms. The summed E-state index contributed by atoms with van der Waals surface area (Å²) < 4.78 is 0. The molecule has 2 rings (SSSR count). The first-order valence-corrected chi connectivity index (χ1v) is 4.86. The SMILES string of the molecule is Cc1cnccc1C(O)CC1CC1. The smallest absolute Gasteiger partial charge is 0.0796 e. The van der Waals surface area contributed by atoms with Gasteiger partial charge in [-0.2, -0.15) is 0 Å². The maximum absolute atomic E-state index is 9.88. The molecule has 1 aromatic heterocycles. The van der Waals surface area contributed by atoms with Crippen molar-refractivity contribution in [1.29, 1.82) is 0 Å². The Labute approximate surface area is 78.6 Å². The molecule has 1 aliphatic carbocycles. The molecule has 13 heavy (non-hydrogen) atoms. The van der Waals surface area contributed by atoms with Crippen molar-refractivity contribution in [2.75, 3.05) is 0 Å². The molecule has 1 atom stereocenters. The van der Waals surface area contributed by atoms with E-state index in [0.29, 0.717) is 0 Å². The quantitative estimate of drug-likeness (QED) is 0.768. The van der Waals surface area contributed by atoms with E-state index in [2.05, 4.69) is 4.98 Å². The van der Waals surface area contributed by atoms with Crippen molar-refractivity contribution in [2.45, 2.75) is 32.3 Å². The minimum Gasteiger partial charge on any atom is -0.388 e. The van der Waals surface area contributed by atoms with E-state index < -0.39 is 0 Å². The summed E-state index contributed by atoms with van der Waals surface area (Å²) in [5.41, 5.74) is 2.14. The van der Waals surface area contributed by atoms with Crippen LogP contribution in [0, 0.1) is 12.8 Å². The van der Waals surface area contributed by atoms with Crippen LogP contribution in [0.4, 0.5) is 0 Å². The van der Waals surface area contributed by atoms with Gasteiger partial charge in [-0.25, -0.2) is 0 Å². The van der Waals surface area contributed by atoms with E-state index in [0.717, 1.165) is 23.5 Å². The Hall–Kier alpha value is -0.890. The number of aliphatic hydroxyl groups excluding tert-OH is 1. The van der Waals surface area contributed by atoms with Gasteiger partial charge >= 0.3 is 0 Å². The molecule has 0 aromatic carbocycles. The highest BCUT2D eigenvalue weighted by molar-refractivity contribution is 5.24. The average molecular weight is 177 g/mol. The maximum Gasteiger partial charge on any atom is 0.0796 e. The molecule has 0 bridgehead atoms. The van der Waals surface area contributed by atoms with E-state index in [9.17, 15) is 5.11 Å². The number of aryl methyl sites for hydroxylation is 1. The molecule has 1 saturated carbocycles. The number of hydrogen-bond acceptors (Lipinski definition) is 2. The van der Waals surface area contributed by atoms with Gasteiger partial charge in [-0.05, 0) is 36.5 Å². The van der Waals surface area contributed by atoms with Gasteiger partial charge in [-0.1, -0.05) is 12.8 Å². The van der Waals surface area contributed by atoms with Crippen LogP contribution >= 0.6 is 0 Å². The summed E-state index contributed by atoms with van der Waals surface area (Å²) in [6, 6.07) is 1.92. The highest BCUT2D eigenvalue weighted by atomic mass is 16.3. The second-order valence-corrected chi connectivity index (χ2v) is 3.93. The third-order valence-electron chi connectivity index (χ3n) is 2.68. The van der Waals surface area contributed by atoms with E-state index in [1.807, 2.05) is 19.2 Å². The topological polar surface area (TPSA) is 33.1 Å². The fourth-order valence-corrected chi connectivity index (χ4v) is 1.65. The Bertz CT molecular complexity index is 294. The highest BCUT2D eigenvalue weighted by Crippen LogP contribution is 2.37. The molecule has 1 unspecified atom stereocenters. The molecule has 2 heteroatoms. The molecule has 1 aromatic rings. The Balaban J connectivity index is 2.09. The van der Waals surface area contributed by atoms with Gasteiger partial charge in [0, 0.05) is 12.4 Å². The lowest BCUT2D eigenvalue weighted by molar-refractivity contribution is 0.159. The number of rotatable bonds is 3. The molecule has 0 amide bonds. The standard InChI is InChI=1S/C11H15NO/c1-8-7-12-5-4-10(8)11(13)6-9-2-3-9/h4-5,7,9,11,13H,2-3,6H2,1H3. The largest absolute Gasteiger partial charge is 0.388 e. The minimum atomic E-state index is -0.282. The van der Waals surface area contributed by atoms with Gasteiger partial charge < -0.3 is 5.11 Å². The van der Waals surface area contributed by atoms with Crippen molar-refractivity contribution in [3.63, 3.8) is 0 Å². The van der Waals surface area contributed by atoms with Gasteiger partial charge in [0.25, 0.3) is 0 Å². The lowest BCUT2D eigenvalue weighted by Crippen LogP contribution is -2.01. The lowest BCUT2D eigenvalue weighted by atomic mass is 10.0. The molecule has 1 fully saturated rings. The van der Waals surface area contributed by atoms with Crippen molar-refractivity contribution < 1.29 is 5.11 Å². The van der Waals surface area contributed by atoms with Crippen molar-refractivity contribution in [1.82, 2.24) is 4.98 Å². The summed E-state index contributed by atoms with van der Waals surface area (Å²) in [5.74, 6) is 0.766. The van der Waals surface area contributed by atoms with E-state index in [-0.39, 0.29) is 6.10 Å². The van der Waals surface area contributed by atoms with Crippen molar-refractivity contribution in [3.05, 3.63) is 29.6 Å². The van der Waals surface area contributed by atoms with Crippen LogP contribution < -0.4 is 0 Å². The molecule has 0 radical (unpaired) electrons. The van der Waals surface area contributed by atoms with E-state index in [1.54, 1.807) is 6.20 Å². The molecule has 2 nitrogen and oxygen atoms in total. The van der Waals surface area contributed by atoms with E-state index in [1.165, 1.54) is 12.8 Å². The van der Waals surface area contributed by atoms with E-state index >= 15 is 0 Å². The van der Waals surface area contributed by atoms with E-state index in [4.69, 9.17) is 0 Å². The third kappa shape index (κ3) is 2.07. The monoisotopic (exact) mass is 177 g/mol. The van der Waals surface area contributed by atoms with Crippen LogP contribution in [0.25, 0.3) is 0 Å². The summed E-state index contributed by atoms with van der Waals surface area (Å²) >= 11 is 0. The third-order valence-corrected chi connectivity index (χ3v) is 2.68. The lowest BCUT2D eigenvalue weighted by Gasteiger charge is -2.12. The Morgan fingerprint density at radius 3 is 3.00 bits per heavy atom. The molecule has 0 aliphatic heterocycles. The van der Waals surface area contributed by atoms with Gasteiger partial charge in [0.05, 0.1) is 6.10 Å². The average Bonchev–Trinajstić information content (AvgIpc) is 2.89. The van der Waals surface area contributed by atoms with Gasteiger partial charge in [-0.3, -0.25) is 4.98 Å². The van der Waals surface area contributed by atoms with Crippen LogP contribution in [-0.2, 0) is 0 Å². The van der Waals surface area contributed by atoms with Crippen LogP contribution in [0.2, 0.25) is 0 Å². The van der Waals surface area contributed by atoms with Crippen molar-refractivity contribution in [3.8, 4) is 0 Å². The van der Waals surface area contributed by atoms with Crippen molar-refractivity contribution in [2.24, 2.45) is 5.92 Å². The molecule has 1 heterocycles. The Morgan fingerprint density at radius 1 is 1.62 bits per heavy atom. The first-order valence-electron chi connectivity index (χ1n) is 4.86. The maximum atomic E-state index is 9.88. The molecular weight excluding hydrogens is 162 g/mol. The molecule has 1 aliphatic rings. The summed E-state index contributed by atoms with van der Waals surface area (Å²) in [6.45, 7) is 2.00. The zero-order chi connectivity index (χ0) is 9.26. The van der Waals surface area contributed by atoms with Crippen LogP contribution in [0.15, 0.2) is 18.5 Å². The Morgan fingerprint density at radius 2 is 2.38 bits per heavy atom. The summed E-state index contributed by atoms with van der Waals surface area (Å²) in [4.78, 5) is 4.01.